The van der Waals surface area contributed by atoms with Crippen molar-refractivity contribution < 1.29 is 0 Å². The van der Waals surface area contributed by atoms with Crippen LogP contribution in [0.2, 0.25) is 0 Å². The number of aromatic nitrogens is 4. The Balaban J connectivity index is 1.75. The van der Waals surface area contributed by atoms with Crippen molar-refractivity contribution in [2.75, 3.05) is 5.32 Å². The van der Waals surface area contributed by atoms with Crippen LogP contribution in [-0.4, -0.2) is 20.2 Å². The second-order valence-electron chi connectivity index (χ2n) is 5.86. The molecule has 1 aliphatic rings. The number of hydrogen-bond donors (Lipinski definition) is 1. The first kappa shape index (κ1) is 14.4. The van der Waals surface area contributed by atoms with Gasteiger partial charge in [-0.3, -0.25) is 0 Å². The van der Waals surface area contributed by atoms with Gasteiger partial charge in [-0.1, -0.05) is 63.0 Å². The summed E-state index contributed by atoms with van der Waals surface area (Å²) in [7, 11) is 0. The second-order valence-corrected chi connectivity index (χ2v) is 6.78. The summed E-state index contributed by atoms with van der Waals surface area (Å²) in [4.78, 5) is 0. The lowest BCUT2D eigenvalue weighted by Gasteiger charge is -2.31. The lowest BCUT2D eigenvalue weighted by atomic mass is 9.93. The van der Waals surface area contributed by atoms with Gasteiger partial charge in [0.1, 0.15) is 0 Å². The number of tetrazole rings is 1. The van der Waals surface area contributed by atoms with Gasteiger partial charge in [-0.2, -0.15) is 0 Å². The van der Waals surface area contributed by atoms with Crippen molar-refractivity contribution in [1.29, 1.82) is 0 Å². The van der Waals surface area contributed by atoms with Gasteiger partial charge in [0.25, 0.3) is 0 Å². The van der Waals surface area contributed by atoms with E-state index in [1.807, 2.05) is 10.7 Å². The van der Waals surface area contributed by atoms with Crippen molar-refractivity contribution >= 4 is 21.9 Å². The minimum atomic E-state index is 0.130. The minimum absolute atomic E-state index is 0.130. The van der Waals surface area contributed by atoms with E-state index in [9.17, 15) is 0 Å². The molecule has 0 fully saturated rings. The highest BCUT2D eigenvalue weighted by atomic mass is 79.9. The summed E-state index contributed by atoms with van der Waals surface area (Å²) < 4.78 is 2.96. The first-order chi connectivity index (χ1) is 11.2. The Morgan fingerprint density at radius 2 is 1.96 bits per heavy atom. The van der Waals surface area contributed by atoms with E-state index >= 15 is 0 Å². The fourth-order valence-corrected chi connectivity index (χ4v) is 3.55. The third kappa shape index (κ3) is 2.74. The molecule has 23 heavy (non-hydrogen) atoms. The molecule has 0 saturated carbocycles. The van der Waals surface area contributed by atoms with E-state index in [0.29, 0.717) is 5.95 Å². The van der Waals surface area contributed by atoms with Gasteiger partial charge in [0.15, 0.2) is 0 Å². The maximum Gasteiger partial charge on any atom is 0.243 e. The van der Waals surface area contributed by atoms with Crippen LogP contribution in [0.25, 0.3) is 0 Å². The Bertz CT molecular complexity index is 844. The number of halogens is 1. The molecular weight excluding hydrogens is 354 g/mol. The molecular formula is C17H16BrN5. The van der Waals surface area contributed by atoms with Crippen LogP contribution in [0.5, 0.6) is 0 Å². The number of rotatable bonds is 2. The van der Waals surface area contributed by atoms with Gasteiger partial charge < -0.3 is 5.32 Å². The van der Waals surface area contributed by atoms with Gasteiger partial charge in [-0.15, -0.1) is 0 Å². The van der Waals surface area contributed by atoms with Crippen molar-refractivity contribution in [3.8, 4) is 0 Å². The van der Waals surface area contributed by atoms with Crippen LogP contribution in [-0.2, 0) is 0 Å². The van der Waals surface area contributed by atoms with Crippen LogP contribution in [0, 0.1) is 6.92 Å². The van der Waals surface area contributed by atoms with Gasteiger partial charge in [0, 0.05) is 4.47 Å². The molecule has 1 N–H and O–H groups in total. The summed E-state index contributed by atoms with van der Waals surface area (Å²) >= 11 is 3.55. The summed E-state index contributed by atoms with van der Waals surface area (Å²) in [6.07, 6.45) is 0.901. The van der Waals surface area contributed by atoms with E-state index in [1.54, 1.807) is 0 Å². The van der Waals surface area contributed by atoms with Gasteiger partial charge in [-0.25, -0.2) is 4.68 Å². The minimum Gasteiger partial charge on any atom is -0.346 e. The lowest BCUT2D eigenvalue weighted by molar-refractivity contribution is 0.423. The number of aryl methyl sites for hydroxylation is 1. The number of nitrogens with one attached hydrogen (secondary N) is 1. The molecule has 2 heterocycles. The molecule has 2 atom stereocenters. The molecule has 1 aliphatic heterocycles. The van der Waals surface area contributed by atoms with E-state index in [4.69, 9.17) is 0 Å². The van der Waals surface area contributed by atoms with Crippen molar-refractivity contribution in [1.82, 2.24) is 20.2 Å². The molecule has 4 rings (SSSR count). The van der Waals surface area contributed by atoms with Crippen molar-refractivity contribution in [2.45, 2.75) is 25.4 Å². The largest absolute Gasteiger partial charge is 0.346 e. The van der Waals surface area contributed by atoms with Crippen molar-refractivity contribution in [3.63, 3.8) is 0 Å². The Kier molecular flexibility index (Phi) is 3.61. The quantitative estimate of drug-likeness (QED) is 0.744. The van der Waals surface area contributed by atoms with E-state index in [2.05, 4.69) is 86.2 Å². The van der Waals surface area contributed by atoms with Gasteiger partial charge in [-0.05, 0) is 47.0 Å². The molecule has 0 bridgehead atoms. The third-order valence-corrected chi connectivity index (χ3v) is 4.72. The Morgan fingerprint density at radius 1 is 1.13 bits per heavy atom. The topological polar surface area (TPSA) is 55.6 Å². The first-order valence-corrected chi connectivity index (χ1v) is 8.36. The van der Waals surface area contributed by atoms with Crippen LogP contribution in [0.4, 0.5) is 5.95 Å². The molecule has 116 valence electrons. The van der Waals surface area contributed by atoms with E-state index in [0.717, 1.165) is 10.9 Å². The Labute approximate surface area is 142 Å². The average Bonchev–Trinajstić information content (AvgIpc) is 3.02. The maximum atomic E-state index is 4.17. The van der Waals surface area contributed by atoms with Crippen LogP contribution < -0.4 is 5.32 Å². The smallest absolute Gasteiger partial charge is 0.243 e. The predicted molar refractivity (Wildman–Crippen MR) is 92.3 cm³/mol. The molecule has 5 nitrogen and oxygen atoms in total. The van der Waals surface area contributed by atoms with Crippen molar-refractivity contribution in [3.05, 3.63) is 69.7 Å². The molecule has 0 spiro atoms. The second kappa shape index (κ2) is 5.77. The summed E-state index contributed by atoms with van der Waals surface area (Å²) in [6.45, 7) is 2.11. The first-order valence-electron chi connectivity index (χ1n) is 7.57. The van der Waals surface area contributed by atoms with Crippen molar-refractivity contribution in [2.24, 2.45) is 0 Å². The molecule has 0 aliphatic carbocycles. The fourth-order valence-electron chi connectivity index (χ4n) is 3.13. The molecule has 2 unspecified atom stereocenters. The molecule has 0 amide bonds. The highest BCUT2D eigenvalue weighted by molar-refractivity contribution is 9.10. The summed E-state index contributed by atoms with van der Waals surface area (Å²) in [5, 5.41) is 15.6. The van der Waals surface area contributed by atoms with Crippen LogP contribution >= 0.6 is 15.9 Å². The van der Waals surface area contributed by atoms with Crippen LogP contribution in [0.1, 0.15) is 35.2 Å². The predicted octanol–water partition coefficient (Wildman–Crippen LogP) is 3.89. The van der Waals surface area contributed by atoms with Gasteiger partial charge in [0.2, 0.25) is 5.95 Å². The number of hydrogen-bond acceptors (Lipinski definition) is 4. The van der Waals surface area contributed by atoms with E-state index < -0.39 is 0 Å². The SMILES string of the molecule is Cc1cccc(C2CC(c3cccc(Br)c3)Nc3nnnn32)c1. The van der Waals surface area contributed by atoms with E-state index in [1.165, 1.54) is 16.7 Å². The Hall–Kier alpha value is -2.21. The number of nitrogens with zero attached hydrogens (tertiary/aromatic N) is 4. The number of anilines is 1. The normalized spacial score (nSPS) is 19.9. The lowest BCUT2D eigenvalue weighted by Crippen LogP contribution is -2.28. The maximum absolute atomic E-state index is 4.17. The monoisotopic (exact) mass is 369 g/mol. The van der Waals surface area contributed by atoms with Gasteiger partial charge in [0.05, 0.1) is 12.1 Å². The zero-order valence-electron chi connectivity index (χ0n) is 12.6. The highest BCUT2D eigenvalue weighted by Gasteiger charge is 2.30. The molecule has 6 heteroatoms. The number of benzene rings is 2. The third-order valence-electron chi connectivity index (χ3n) is 4.23. The molecule has 0 radical (unpaired) electrons. The highest BCUT2D eigenvalue weighted by Crippen LogP contribution is 2.37. The average molecular weight is 370 g/mol. The fraction of sp³-hybridized carbons (Fsp3) is 0.235. The number of fused-ring (bicyclic) bond motifs is 1. The molecule has 2 aromatic carbocycles. The zero-order chi connectivity index (χ0) is 15.8. The molecule has 0 saturated heterocycles. The zero-order valence-corrected chi connectivity index (χ0v) is 14.2. The summed E-state index contributed by atoms with van der Waals surface area (Å²) in [5.74, 6) is 0.715. The standard InChI is InChI=1S/C17H16BrN5/c1-11-4-2-6-13(8-11)16-10-15(12-5-3-7-14(18)9-12)19-17-20-21-22-23(16)17/h2-9,15-16H,10H2,1H3,(H,19,20,22). The summed E-state index contributed by atoms with van der Waals surface area (Å²) in [6, 6.07) is 17.2. The van der Waals surface area contributed by atoms with Crippen LogP contribution in [0.3, 0.4) is 0 Å². The van der Waals surface area contributed by atoms with E-state index in [-0.39, 0.29) is 12.1 Å². The van der Waals surface area contributed by atoms with Crippen LogP contribution in [0.15, 0.2) is 53.0 Å². The van der Waals surface area contributed by atoms with Gasteiger partial charge >= 0.3 is 0 Å². The molecule has 3 aromatic rings. The molecule has 1 aromatic heterocycles. The Morgan fingerprint density at radius 3 is 2.78 bits per heavy atom. The summed E-state index contributed by atoms with van der Waals surface area (Å²) in [5.41, 5.74) is 3.71.